The van der Waals surface area contributed by atoms with E-state index >= 15 is 0 Å². The number of hydrogen-bond acceptors (Lipinski definition) is 4. The van der Waals surface area contributed by atoms with Gasteiger partial charge in [0.1, 0.15) is 5.82 Å². The van der Waals surface area contributed by atoms with Crippen molar-refractivity contribution in [1.29, 1.82) is 0 Å². The minimum Gasteiger partial charge on any atom is -0.342 e. The Bertz CT molecular complexity index is 851. The van der Waals surface area contributed by atoms with E-state index in [4.69, 9.17) is 0 Å². The third kappa shape index (κ3) is 3.04. The summed E-state index contributed by atoms with van der Waals surface area (Å²) in [6, 6.07) is 7.98. The fraction of sp³-hybridized carbons (Fsp3) is 0.421. The van der Waals surface area contributed by atoms with Gasteiger partial charge in [0.05, 0.1) is 5.56 Å². The summed E-state index contributed by atoms with van der Waals surface area (Å²) in [5, 5.41) is 2.79. The van der Waals surface area contributed by atoms with Crippen LogP contribution in [0.3, 0.4) is 0 Å². The number of carbonyl (C=O) groups excluding carboxylic acids is 1. The second kappa shape index (κ2) is 6.35. The van der Waals surface area contributed by atoms with Crippen LogP contribution in [0.4, 0.5) is 11.8 Å². The number of aromatic nitrogens is 2. The molecule has 1 aromatic carbocycles. The van der Waals surface area contributed by atoms with Crippen LogP contribution in [0, 0.1) is 6.92 Å². The number of carbonyl (C=O) groups is 1. The fourth-order valence-corrected chi connectivity index (χ4v) is 3.70. The highest BCUT2D eigenvalue weighted by molar-refractivity contribution is 5.94. The fourth-order valence-electron chi connectivity index (χ4n) is 3.70. The summed E-state index contributed by atoms with van der Waals surface area (Å²) in [5.74, 6) is 0.622. The van der Waals surface area contributed by atoms with Crippen molar-refractivity contribution in [2.45, 2.75) is 38.5 Å². The Kier molecular flexibility index (Phi) is 4.03. The zero-order valence-electron chi connectivity index (χ0n) is 14.3. The summed E-state index contributed by atoms with van der Waals surface area (Å²) in [5.41, 5.74) is 2.52. The van der Waals surface area contributed by atoms with Crippen molar-refractivity contribution in [3.05, 3.63) is 51.3 Å². The zero-order chi connectivity index (χ0) is 17.4. The van der Waals surface area contributed by atoms with Gasteiger partial charge in [-0.3, -0.25) is 14.6 Å². The number of H-pyrrole nitrogens is 1. The molecule has 0 radical (unpaired) electrons. The largest absolute Gasteiger partial charge is 0.342 e. The molecule has 1 aromatic heterocycles. The van der Waals surface area contributed by atoms with Gasteiger partial charge in [-0.05, 0) is 31.7 Å². The first-order valence-electron chi connectivity index (χ1n) is 8.87. The quantitative estimate of drug-likeness (QED) is 0.882. The standard InChI is InChI=1S/C19H22N4O2/c1-12-5-7-13(8-6-12)14-11-15(24)20-17-16(14)18(25)22-19(21-17)23-9-3-2-4-10-23/h5-8,14H,2-4,9-11H2,1H3,(H2,20,21,22,24,25). The van der Waals surface area contributed by atoms with Crippen molar-refractivity contribution < 1.29 is 4.79 Å². The van der Waals surface area contributed by atoms with E-state index in [0.29, 0.717) is 17.3 Å². The van der Waals surface area contributed by atoms with Gasteiger partial charge in [-0.25, -0.2) is 0 Å². The summed E-state index contributed by atoms with van der Waals surface area (Å²) < 4.78 is 0. The van der Waals surface area contributed by atoms with Crippen LogP contribution in [-0.4, -0.2) is 29.0 Å². The van der Waals surface area contributed by atoms with Gasteiger partial charge in [-0.15, -0.1) is 0 Å². The predicted molar refractivity (Wildman–Crippen MR) is 97.2 cm³/mol. The van der Waals surface area contributed by atoms with E-state index in [0.717, 1.165) is 37.1 Å². The normalized spacial score (nSPS) is 20.1. The van der Waals surface area contributed by atoms with Crippen LogP contribution in [0.2, 0.25) is 0 Å². The minimum atomic E-state index is -0.254. The summed E-state index contributed by atoms with van der Waals surface area (Å²) in [6.45, 7) is 3.79. The Labute approximate surface area is 146 Å². The van der Waals surface area contributed by atoms with Crippen molar-refractivity contribution in [3.8, 4) is 0 Å². The summed E-state index contributed by atoms with van der Waals surface area (Å²) >= 11 is 0. The molecule has 6 nitrogen and oxygen atoms in total. The number of nitrogens with zero attached hydrogens (tertiary/aromatic N) is 2. The number of anilines is 2. The summed E-state index contributed by atoms with van der Waals surface area (Å²) in [6.07, 6.45) is 3.67. The molecule has 1 unspecified atom stereocenters. The topological polar surface area (TPSA) is 78.1 Å². The number of hydrogen-bond donors (Lipinski definition) is 2. The Morgan fingerprint density at radius 3 is 2.52 bits per heavy atom. The molecule has 25 heavy (non-hydrogen) atoms. The van der Waals surface area contributed by atoms with Crippen LogP contribution in [0.1, 0.15) is 48.3 Å². The van der Waals surface area contributed by atoms with Gasteiger partial charge < -0.3 is 10.2 Å². The highest BCUT2D eigenvalue weighted by atomic mass is 16.2. The molecular weight excluding hydrogens is 316 g/mol. The number of aryl methyl sites for hydroxylation is 1. The zero-order valence-corrected chi connectivity index (χ0v) is 14.3. The monoisotopic (exact) mass is 338 g/mol. The van der Waals surface area contributed by atoms with E-state index in [1.165, 1.54) is 6.42 Å². The third-order valence-electron chi connectivity index (χ3n) is 5.07. The SMILES string of the molecule is Cc1ccc(C2CC(=O)Nc3nc(N4CCCCC4)[nH]c(=O)c32)cc1. The van der Waals surface area contributed by atoms with Crippen molar-refractivity contribution in [3.63, 3.8) is 0 Å². The maximum absolute atomic E-state index is 12.8. The minimum absolute atomic E-state index is 0.0965. The molecule has 1 atom stereocenters. The summed E-state index contributed by atoms with van der Waals surface area (Å²) in [7, 11) is 0. The van der Waals surface area contributed by atoms with Crippen molar-refractivity contribution in [2.24, 2.45) is 0 Å². The van der Waals surface area contributed by atoms with Crippen LogP contribution in [-0.2, 0) is 4.79 Å². The van der Waals surface area contributed by atoms with Gasteiger partial charge in [0.25, 0.3) is 5.56 Å². The van der Waals surface area contributed by atoms with Crippen LogP contribution in [0.25, 0.3) is 0 Å². The van der Waals surface area contributed by atoms with Crippen LogP contribution < -0.4 is 15.8 Å². The van der Waals surface area contributed by atoms with Crippen molar-refractivity contribution in [2.75, 3.05) is 23.3 Å². The number of benzene rings is 1. The average molecular weight is 338 g/mol. The van der Waals surface area contributed by atoms with E-state index < -0.39 is 0 Å². The molecule has 2 aliphatic heterocycles. The van der Waals surface area contributed by atoms with Gasteiger partial charge >= 0.3 is 0 Å². The van der Waals surface area contributed by atoms with E-state index in [1.54, 1.807) is 0 Å². The number of nitrogens with one attached hydrogen (secondary N) is 2. The Balaban J connectivity index is 1.77. The number of piperidine rings is 1. The lowest BCUT2D eigenvalue weighted by Gasteiger charge is -2.29. The van der Waals surface area contributed by atoms with Gasteiger partial charge in [-0.2, -0.15) is 4.98 Å². The molecule has 130 valence electrons. The lowest BCUT2D eigenvalue weighted by atomic mass is 9.86. The number of aromatic amines is 1. The molecule has 0 aliphatic carbocycles. The second-order valence-electron chi connectivity index (χ2n) is 6.92. The molecule has 0 spiro atoms. The highest BCUT2D eigenvalue weighted by Crippen LogP contribution is 2.34. The lowest BCUT2D eigenvalue weighted by Crippen LogP contribution is -2.36. The van der Waals surface area contributed by atoms with Gasteiger partial charge in [-0.1, -0.05) is 29.8 Å². The molecule has 1 saturated heterocycles. The van der Waals surface area contributed by atoms with Crippen molar-refractivity contribution in [1.82, 2.24) is 9.97 Å². The third-order valence-corrected chi connectivity index (χ3v) is 5.07. The van der Waals surface area contributed by atoms with Gasteiger partial charge in [0.15, 0.2) is 0 Å². The van der Waals surface area contributed by atoms with Crippen molar-refractivity contribution >= 4 is 17.7 Å². The lowest BCUT2D eigenvalue weighted by molar-refractivity contribution is -0.116. The maximum Gasteiger partial charge on any atom is 0.258 e. The first-order valence-corrected chi connectivity index (χ1v) is 8.87. The molecule has 2 aromatic rings. The second-order valence-corrected chi connectivity index (χ2v) is 6.92. The first kappa shape index (κ1) is 15.9. The van der Waals surface area contributed by atoms with Crippen LogP contribution >= 0.6 is 0 Å². The van der Waals surface area contributed by atoms with Crippen LogP contribution in [0.5, 0.6) is 0 Å². The van der Waals surface area contributed by atoms with E-state index in [1.807, 2.05) is 31.2 Å². The number of rotatable bonds is 2. The molecule has 0 saturated carbocycles. The van der Waals surface area contributed by atoms with Gasteiger partial charge in [0, 0.05) is 25.4 Å². The molecule has 3 heterocycles. The first-order chi connectivity index (χ1) is 12.1. The molecule has 6 heteroatoms. The summed E-state index contributed by atoms with van der Waals surface area (Å²) in [4.78, 5) is 34.6. The Morgan fingerprint density at radius 1 is 1.08 bits per heavy atom. The Morgan fingerprint density at radius 2 is 1.80 bits per heavy atom. The molecule has 2 aliphatic rings. The van der Waals surface area contributed by atoms with E-state index in [9.17, 15) is 9.59 Å². The molecular formula is C19H22N4O2. The number of amides is 1. The van der Waals surface area contributed by atoms with E-state index in [2.05, 4.69) is 20.2 Å². The Hall–Kier alpha value is -2.63. The highest BCUT2D eigenvalue weighted by Gasteiger charge is 2.31. The molecule has 1 fully saturated rings. The van der Waals surface area contributed by atoms with Crippen LogP contribution in [0.15, 0.2) is 29.1 Å². The van der Waals surface area contributed by atoms with Gasteiger partial charge in [0.2, 0.25) is 11.9 Å². The van der Waals surface area contributed by atoms with E-state index in [-0.39, 0.29) is 23.8 Å². The predicted octanol–water partition coefficient (Wildman–Crippen LogP) is 2.54. The molecule has 2 N–H and O–H groups in total. The maximum atomic E-state index is 12.8. The molecule has 4 rings (SSSR count). The molecule has 0 bridgehead atoms. The smallest absolute Gasteiger partial charge is 0.258 e. The molecule has 1 amide bonds. The average Bonchev–Trinajstić information content (AvgIpc) is 2.62. The number of fused-ring (bicyclic) bond motifs is 1.